The average molecular weight is 489 g/mol. The molecule has 6 nitrogen and oxygen atoms in total. The van der Waals surface area contributed by atoms with Gasteiger partial charge in [-0.15, -0.1) is 0 Å². The first-order valence-electron chi connectivity index (χ1n) is 12.7. The maximum absolute atomic E-state index is 11.8. The lowest BCUT2D eigenvalue weighted by atomic mass is 10.1. The highest BCUT2D eigenvalue weighted by Crippen LogP contribution is 2.26. The van der Waals surface area contributed by atoms with Crippen molar-refractivity contribution in [2.75, 3.05) is 66.2 Å². The second-order valence-electron chi connectivity index (χ2n) is 9.00. The van der Waals surface area contributed by atoms with Gasteiger partial charge in [-0.2, -0.15) is 0 Å². The number of fused-ring (bicyclic) bond motifs is 1. The Labute approximate surface area is 214 Å². The fraction of sp³-hybridized carbons (Fsp3) is 0.367. The molecule has 1 heterocycles. The van der Waals surface area contributed by atoms with Crippen LogP contribution < -0.4 is 4.74 Å². The molecule has 0 spiro atoms. The number of nitrogens with zero attached hydrogens (tertiary/aromatic N) is 2. The number of morpholine rings is 1. The molecule has 1 aliphatic heterocycles. The highest BCUT2D eigenvalue weighted by Gasteiger charge is 2.14. The summed E-state index contributed by atoms with van der Waals surface area (Å²) in [6.45, 7) is 10.1. The summed E-state index contributed by atoms with van der Waals surface area (Å²) in [4.78, 5) is 16.7. The summed E-state index contributed by atoms with van der Waals surface area (Å²) in [6, 6.07) is 22.0. The maximum Gasteiger partial charge on any atom is 0.337 e. The molecule has 1 saturated heterocycles. The van der Waals surface area contributed by atoms with Gasteiger partial charge in [-0.05, 0) is 41.3 Å². The number of rotatable bonds is 11. The van der Waals surface area contributed by atoms with Crippen LogP contribution in [0.4, 0.5) is 0 Å². The van der Waals surface area contributed by atoms with Crippen molar-refractivity contribution in [2.24, 2.45) is 0 Å². The third-order valence-corrected chi connectivity index (χ3v) is 6.58. The van der Waals surface area contributed by atoms with Crippen LogP contribution in [0.25, 0.3) is 16.8 Å². The normalized spacial score (nSPS) is 14.8. The van der Waals surface area contributed by atoms with Crippen LogP contribution in [0.15, 0.2) is 72.3 Å². The van der Waals surface area contributed by atoms with E-state index in [1.165, 1.54) is 18.1 Å². The first kappa shape index (κ1) is 25.9. The van der Waals surface area contributed by atoms with Crippen LogP contribution in [-0.2, 0) is 9.47 Å². The summed E-state index contributed by atoms with van der Waals surface area (Å²) < 4.78 is 16.7. The molecular weight excluding hydrogens is 452 g/mol. The highest BCUT2D eigenvalue weighted by atomic mass is 16.5. The number of carbonyl (C=O) groups is 1. The number of esters is 1. The molecule has 0 amide bonds. The van der Waals surface area contributed by atoms with Crippen LogP contribution >= 0.6 is 0 Å². The summed E-state index contributed by atoms with van der Waals surface area (Å²) in [5.41, 5.74) is 2.75. The summed E-state index contributed by atoms with van der Waals surface area (Å²) in [6.07, 6.45) is 2.17. The van der Waals surface area contributed by atoms with Crippen molar-refractivity contribution in [1.29, 1.82) is 0 Å². The number of hydrogen-bond donors (Lipinski definition) is 0. The highest BCUT2D eigenvalue weighted by molar-refractivity contribution is 5.89. The lowest BCUT2D eigenvalue weighted by Gasteiger charge is -2.30. The molecule has 190 valence electrons. The van der Waals surface area contributed by atoms with Gasteiger partial charge in [-0.1, -0.05) is 61.5 Å². The fourth-order valence-electron chi connectivity index (χ4n) is 4.44. The topological polar surface area (TPSA) is 51.2 Å². The summed E-state index contributed by atoms with van der Waals surface area (Å²) in [7, 11) is 1.40. The van der Waals surface area contributed by atoms with Crippen molar-refractivity contribution in [3.63, 3.8) is 0 Å². The van der Waals surface area contributed by atoms with E-state index in [2.05, 4.69) is 41.0 Å². The second kappa shape index (κ2) is 13.2. The van der Waals surface area contributed by atoms with Crippen LogP contribution in [-0.4, -0.2) is 82.0 Å². The zero-order valence-corrected chi connectivity index (χ0v) is 21.3. The van der Waals surface area contributed by atoms with Crippen molar-refractivity contribution in [1.82, 2.24) is 9.80 Å². The molecule has 0 bridgehead atoms. The minimum absolute atomic E-state index is 0.328. The van der Waals surface area contributed by atoms with Crippen LogP contribution in [0.5, 0.6) is 5.75 Å². The summed E-state index contributed by atoms with van der Waals surface area (Å²) >= 11 is 0. The van der Waals surface area contributed by atoms with E-state index in [1.54, 1.807) is 12.1 Å². The van der Waals surface area contributed by atoms with Crippen molar-refractivity contribution in [2.45, 2.75) is 6.92 Å². The number of ether oxygens (including phenoxy) is 3. The minimum atomic E-state index is -0.328. The molecule has 0 unspecified atom stereocenters. The number of carbonyl (C=O) groups excluding carboxylic acids is 1. The third-order valence-electron chi connectivity index (χ3n) is 6.58. The predicted molar refractivity (Wildman–Crippen MR) is 145 cm³/mol. The molecule has 0 radical (unpaired) electrons. The Morgan fingerprint density at radius 3 is 2.53 bits per heavy atom. The summed E-state index contributed by atoms with van der Waals surface area (Å²) in [5.74, 6) is 0.557. The molecule has 1 aliphatic rings. The Balaban J connectivity index is 1.50. The standard InChI is InChI=1S/C30H36N2O4/c1-3-31(15-16-32-17-19-35-20-18-32)22-25(21-24-11-13-27(14-12-24)30(33)34-2)23-36-29-10-6-8-26-7-4-5-9-28(26)29/h4-14,21H,3,15-20,22-23H2,1-2H3/b25-21-. The van der Waals surface area contributed by atoms with Gasteiger partial charge in [0.05, 0.1) is 25.9 Å². The van der Waals surface area contributed by atoms with Gasteiger partial charge >= 0.3 is 5.97 Å². The van der Waals surface area contributed by atoms with E-state index >= 15 is 0 Å². The predicted octanol–water partition coefficient (Wildman–Crippen LogP) is 4.74. The number of methoxy groups -OCH3 is 1. The maximum atomic E-state index is 11.8. The number of hydrogen-bond acceptors (Lipinski definition) is 6. The smallest absolute Gasteiger partial charge is 0.337 e. The lowest BCUT2D eigenvalue weighted by molar-refractivity contribution is 0.0339. The van der Waals surface area contributed by atoms with Gasteiger partial charge in [0.15, 0.2) is 0 Å². The zero-order chi connectivity index (χ0) is 25.2. The van der Waals surface area contributed by atoms with Gasteiger partial charge in [-0.3, -0.25) is 9.80 Å². The van der Waals surface area contributed by atoms with Gasteiger partial charge < -0.3 is 14.2 Å². The molecule has 0 aliphatic carbocycles. The molecule has 36 heavy (non-hydrogen) atoms. The molecular formula is C30H36N2O4. The first-order valence-corrected chi connectivity index (χ1v) is 12.7. The Morgan fingerprint density at radius 1 is 1.03 bits per heavy atom. The molecule has 3 aromatic carbocycles. The van der Waals surface area contributed by atoms with Gasteiger partial charge in [0.1, 0.15) is 12.4 Å². The lowest BCUT2D eigenvalue weighted by Crippen LogP contribution is -2.42. The van der Waals surface area contributed by atoms with Crippen molar-refractivity contribution in [3.05, 3.63) is 83.4 Å². The Morgan fingerprint density at radius 2 is 1.78 bits per heavy atom. The van der Waals surface area contributed by atoms with E-state index in [0.29, 0.717) is 12.2 Å². The molecule has 0 atom stereocenters. The van der Waals surface area contributed by atoms with Gasteiger partial charge in [0.2, 0.25) is 0 Å². The van der Waals surface area contributed by atoms with E-state index in [1.807, 2.05) is 36.4 Å². The van der Waals surface area contributed by atoms with Crippen LogP contribution in [0.2, 0.25) is 0 Å². The van der Waals surface area contributed by atoms with E-state index in [-0.39, 0.29) is 5.97 Å². The van der Waals surface area contributed by atoms with Crippen molar-refractivity contribution < 1.29 is 19.0 Å². The molecule has 4 rings (SSSR count). The minimum Gasteiger partial charge on any atom is -0.489 e. The molecule has 1 fully saturated rings. The van der Waals surface area contributed by atoms with Crippen LogP contribution in [0, 0.1) is 0 Å². The van der Waals surface area contributed by atoms with Gasteiger partial charge in [0.25, 0.3) is 0 Å². The molecule has 0 saturated carbocycles. The van der Waals surface area contributed by atoms with E-state index in [4.69, 9.17) is 14.2 Å². The summed E-state index contributed by atoms with van der Waals surface area (Å²) in [5, 5.41) is 2.28. The van der Waals surface area contributed by atoms with E-state index < -0.39 is 0 Å². The molecule has 0 N–H and O–H groups in total. The quantitative estimate of drug-likeness (QED) is 0.363. The van der Waals surface area contributed by atoms with Crippen LogP contribution in [0.1, 0.15) is 22.8 Å². The van der Waals surface area contributed by atoms with Crippen LogP contribution in [0.3, 0.4) is 0 Å². The largest absolute Gasteiger partial charge is 0.489 e. The fourth-order valence-corrected chi connectivity index (χ4v) is 4.44. The molecule has 6 heteroatoms. The molecule has 3 aromatic rings. The SMILES string of the molecule is CCN(CCN1CCOCC1)C/C(=C/c1ccc(C(=O)OC)cc1)COc1cccc2ccccc12. The average Bonchev–Trinajstić information content (AvgIpc) is 2.94. The third kappa shape index (κ3) is 7.17. The first-order chi connectivity index (χ1) is 17.7. The number of benzene rings is 3. The number of likely N-dealkylation sites (N-methyl/N-ethyl adjacent to an activating group) is 1. The Kier molecular flexibility index (Phi) is 9.50. The van der Waals surface area contributed by atoms with Crippen molar-refractivity contribution >= 4 is 22.8 Å². The van der Waals surface area contributed by atoms with E-state index in [9.17, 15) is 4.79 Å². The van der Waals surface area contributed by atoms with Crippen molar-refractivity contribution in [3.8, 4) is 5.75 Å². The second-order valence-corrected chi connectivity index (χ2v) is 9.00. The van der Waals surface area contributed by atoms with Gasteiger partial charge in [-0.25, -0.2) is 4.79 Å². The zero-order valence-electron chi connectivity index (χ0n) is 21.3. The Bertz CT molecular complexity index is 1150. The Hall–Kier alpha value is -3.19. The molecule has 0 aromatic heterocycles. The van der Waals surface area contributed by atoms with Gasteiger partial charge in [0, 0.05) is 38.1 Å². The monoisotopic (exact) mass is 488 g/mol. The van der Waals surface area contributed by atoms with E-state index in [0.717, 1.165) is 69.2 Å².